The van der Waals surface area contributed by atoms with E-state index in [0.29, 0.717) is 55.3 Å². The van der Waals surface area contributed by atoms with E-state index in [1.807, 2.05) is 6.92 Å². The van der Waals surface area contributed by atoms with E-state index < -0.39 is 0 Å². The number of thioether (sulfide) groups is 1. The van der Waals surface area contributed by atoms with E-state index in [9.17, 15) is 14.7 Å². The van der Waals surface area contributed by atoms with Gasteiger partial charge in [0.15, 0.2) is 0 Å². The van der Waals surface area contributed by atoms with Crippen LogP contribution in [0.3, 0.4) is 0 Å². The summed E-state index contributed by atoms with van der Waals surface area (Å²) < 4.78 is 5.83. The van der Waals surface area contributed by atoms with Gasteiger partial charge in [0, 0.05) is 52.4 Å². The zero-order valence-electron chi connectivity index (χ0n) is 20.2. The second-order valence-electron chi connectivity index (χ2n) is 7.96. The Morgan fingerprint density at radius 2 is 1.92 bits per heavy atom. The molecule has 4 N–H and O–H groups in total. The third-order valence-corrected chi connectivity index (χ3v) is 6.62. The summed E-state index contributed by atoms with van der Waals surface area (Å²) in [5.74, 6) is 1.61. The predicted molar refractivity (Wildman–Crippen MR) is 142 cm³/mol. The van der Waals surface area contributed by atoms with E-state index in [1.54, 1.807) is 62.5 Å². The summed E-state index contributed by atoms with van der Waals surface area (Å²) in [6.45, 7) is 5.08. The minimum absolute atomic E-state index is 0.139. The number of carbonyl (C=O) groups is 2. The van der Waals surface area contributed by atoms with Crippen molar-refractivity contribution in [1.29, 1.82) is 0 Å². The Bertz CT molecular complexity index is 1310. The van der Waals surface area contributed by atoms with E-state index in [4.69, 9.17) is 22.1 Å². The van der Waals surface area contributed by atoms with E-state index in [0.717, 1.165) is 11.8 Å². The monoisotopic (exact) mass is 526 g/mol. The van der Waals surface area contributed by atoms with Gasteiger partial charge >= 0.3 is 0 Å². The highest BCUT2D eigenvalue weighted by Crippen LogP contribution is 2.31. The first-order valence-electron chi connectivity index (χ1n) is 11.1. The average molecular weight is 527 g/mol. The number of amides is 1. The second-order valence-corrected chi connectivity index (χ2v) is 9.46. The number of benzene rings is 2. The first-order chi connectivity index (χ1) is 17.2. The third kappa shape index (κ3) is 7.30. The van der Waals surface area contributed by atoms with Gasteiger partial charge < -0.3 is 20.9 Å². The average Bonchev–Trinajstić information content (AvgIpc) is 2.82. The largest absolute Gasteiger partial charge is 0.457 e. The molecule has 0 saturated heterocycles. The van der Waals surface area contributed by atoms with Crippen molar-refractivity contribution in [1.82, 2.24) is 15.3 Å². The van der Waals surface area contributed by atoms with Gasteiger partial charge in [-0.3, -0.25) is 9.59 Å². The van der Waals surface area contributed by atoms with Crippen LogP contribution in [0.1, 0.15) is 40.7 Å². The van der Waals surface area contributed by atoms with Crippen LogP contribution in [0, 0.1) is 13.8 Å². The molecule has 188 valence electrons. The molecule has 0 spiro atoms. The van der Waals surface area contributed by atoms with Gasteiger partial charge in [-0.05, 0) is 62.7 Å². The van der Waals surface area contributed by atoms with Gasteiger partial charge in [-0.1, -0.05) is 29.4 Å². The lowest BCUT2D eigenvalue weighted by Crippen LogP contribution is -2.25. The molecule has 0 saturated carbocycles. The molecule has 10 heteroatoms. The van der Waals surface area contributed by atoms with Crippen LogP contribution in [0.25, 0.3) is 0 Å². The fraction of sp³-hybridized carbons (Fsp3) is 0.231. The minimum atomic E-state index is -0.374. The molecule has 1 aromatic heterocycles. The Hall–Kier alpha value is -3.40. The summed E-state index contributed by atoms with van der Waals surface area (Å²) >= 11 is 6.93. The van der Waals surface area contributed by atoms with Gasteiger partial charge in [0.25, 0.3) is 0 Å². The van der Waals surface area contributed by atoms with Crippen LogP contribution in [0.2, 0.25) is 5.02 Å². The Labute approximate surface area is 218 Å². The van der Waals surface area contributed by atoms with Gasteiger partial charge in [0.1, 0.15) is 23.1 Å². The minimum Gasteiger partial charge on any atom is -0.457 e. The van der Waals surface area contributed by atoms with Crippen molar-refractivity contribution in [3.05, 3.63) is 86.7 Å². The number of nitrogen functional groups attached to an aromatic ring is 1. The van der Waals surface area contributed by atoms with Crippen LogP contribution in [0.15, 0.2) is 59.1 Å². The van der Waals surface area contributed by atoms with Gasteiger partial charge in [-0.2, -0.15) is 0 Å². The fourth-order valence-electron chi connectivity index (χ4n) is 3.26. The number of nitrogens with one attached hydrogen (secondary N) is 1. The molecule has 0 fully saturated rings. The number of halogens is 1. The maximum Gasteiger partial charge on any atom is 0.247 e. The van der Waals surface area contributed by atoms with Gasteiger partial charge in [-0.25, -0.2) is 9.97 Å². The zero-order valence-corrected chi connectivity index (χ0v) is 21.7. The highest BCUT2D eigenvalue weighted by atomic mass is 35.5. The van der Waals surface area contributed by atoms with E-state index in [1.165, 1.54) is 0 Å². The number of rotatable bonds is 9. The number of ether oxygens (including phenoxy) is 1. The fourth-order valence-corrected chi connectivity index (χ4v) is 4.44. The van der Waals surface area contributed by atoms with Gasteiger partial charge in [-0.15, -0.1) is 0 Å². The molecular weight excluding hydrogens is 500 g/mol. The predicted octanol–water partition coefficient (Wildman–Crippen LogP) is 4.97. The van der Waals surface area contributed by atoms with Crippen molar-refractivity contribution in [2.75, 3.05) is 12.3 Å². The summed E-state index contributed by atoms with van der Waals surface area (Å²) in [6, 6.07) is 12.2. The number of hydrogen-bond acceptors (Lipinski definition) is 8. The number of nitrogens with two attached hydrogens (primary N) is 1. The first-order valence-corrected chi connectivity index (χ1v) is 12.3. The second kappa shape index (κ2) is 12.5. The molecule has 3 rings (SSSR count). The molecule has 1 heterocycles. The van der Waals surface area contributed by atoms with Crippen LogP contribution in [0.5, 0.6) is 11.5 Å². The quantitative estimate of drug-likeness (QED) is 0.333. The van der Waals surface area contributed by atoms with Crippen molar-refractivity contribution in [3.63, 3.8) is 0 Å². The van der Waals surface area contributed by atoms with Crippen LogP contribution in [-0.2, 0) is 11.3 Å². The highest BCUT2D eigenvalue weighted by molar-refractivity contribution is 8.17. The molecular formula is C26H27ClN4O4S. The summed E-state index contributed by atoms with van der Waals surface area (Å²) in [5, 5.41) is 12.6. The number of aliphatic hydroxyl groups excluding tert-OH is 1. The summed E-state index contributed by atoms with van der Waals surface area (Å²) in [5.41, 5.74) is 8.01. The standard InChI is InChI=1S/C26H27ClN4O4S/c1-15-11-21(35-20-6-4-5-19(27)12-20)7-8-22(15)26(34)36-23(9-10-32)16(2)25(33)30-14-18-13-29-17(3)31-24(18)28/h4-8,11-13,32H,9-10,14H2,1-3H3,(H,30,33)(H2,28,29,31)/b23-16-. The lowest BCUT2D eigenvalue weighted by atomic mass is 10.1. The molecule has 0 aliphatic carbocycles. The van der Waals surface area contributed by atoms with Crippen molar-refractivity contribution in [2.45, 2.75) is 33.7 Å². The van der Waals surface area contributed by atoms with E-state index in [2.05, 4.69) is 15.3 Å². The van der Waals surface area contributed by atoms with Crippen LogP contribution < -0.4 is 15.8 Å². The molecule has 0 aliphatic heterocycles. The highest BCUT2D eigenvalue weighted by Gasteiger charge is 2.18. The summed E-state index contributed by atoms with van der Waals surface area (Å²) in [4.78, 5) is 34.5. The molecule has 0 aliphatic rings. The number of anilines is 1. The normalized spacial score (nSPS) is 11.6. The Balaban J connectivity index is 1.71. The number of carbonyl (C=O) groups excluding carboxylic acids is 2. The zero-order chi connectivity index (χ0) is 26.2. The van der Waals surface area contributed by atoms with Crippen LogP contribution in [-0.4, -0.2) is 32.7 Å². The molecule has 36 heavy (non-hydrogen) atoms. The first kappa shape index (κ1) is 27.2. The maximum atomic E-state index is 13.1. The topological polar surface area (TPSA) is 127 Å². The Morgan fingerprint density at radius 1 is 1.17 bits per heavy atom. The summed E-state index contributed by atoms with van der Waals surface area (Å²) in [7, 11) is 0. The maximum absolute atomic E-state index is 13.1. The molecule has 0 atom stereocenters. The number of aliphatic hydroxyl groups is 1. The third-order valence-electron chi connectivity index (χ3n) is 5.22. The van der Waals surface area contributed by atoms with Crippen molar-refractivity contribution < 1.29 is 19.4 Å². The molecule has 0 unspecified atom stereocenters. The smallest absolute Gasteiger partial charge is 0.247 e. The van der Waals surface area contributed by atoms with Crippen molar-refractivity contribution in [3.8, 4) is 11.5 Å². The SMILES string of the molecule is C/C(C(=O)NCc1cnc(C)nc1N)=C(\CCO)SC(=O)c1ccc(Oc2cccc(Cl)c2)cc1C. The molecule has 0 radical (unpaired) electrons. The number of nitrogens with zero attached hydrogens (tertiary/aromatic N) is 2. The van der Waals surface area contributed by atoms with Crippen molar-refractivity contribution >= 4 is 40.2 Å². The van der Waals surface area contributed by atoms with Gasteiger partial charge in [0.05, 0.1) is 0 Å². The van der Waals surface area contributed by atoms with E-state index in [-0.39, 0.29) is 30.6 Å². The van der Waals surface area contributed by atoms with Crippen LogP contribution in [0.4, 0.5) is 5.82 Å². The molecule has 1 amide bonds. The van der Waals surface area contributed by atoms with Crippen molar-refractivity contribution in [2.24, 2.45) is 0 Å². The Morgan fingerprint density at radius 3 is 2.58 bits per heavy atom. The van der Waals surface area contributed by atoms with Gasteiger partial charge in [0.2, 0.25) is 11.0 Å². The number of hydrogen-bond donors (Lipinski definition) is 3. The van der Waals surface area contributed by atoms with Crippen LogP contribution >= 0.6 is 23.4 Å². The molecule has 2 aromatic carbocycles. The molecule has 8 nitrogen and oxygen atoms in total. The number of aryl methyl sites for hydroxylation is 2. The lowest BCUT2D eigenvalue weighted by molar-refractivity contribution is -0.117. The number of aromatic nitrogens is 2. The Kier molecular flexibility index (Phi) is 9.46. The summed E-state index contributed by atoms with van der Waals surface area (Å²) in [6.07, 6.45) is 1.73. The van der Waals surface area contributed by atoms with E-state index >= 15 is 0 Å². The molecule has 0 bridgehead atoms. The molecule has 3 aromatic rings. The lowest BCUT2D eigenvalue weighted by Gasteiger charge is -2.13.